The molecular weight excluding hydrogens is 356 g/mol. The monoisotopic (exact) mass is 370 g/mol. The van der Waals surface area contributed by atoms with Crippen LogP contribution in [0, 0.1) is 13.8 Å². The third kappa shape index (κ3) is 2.79. The maximum atomic E-state index is 12.7. The molecule has 0 saturated carbocycles. The zero-order chi connectivity index (χ0) is 15.7. The van der Waals surface area contributed by atoms with Crippen molar-refractivity contribution in [1.82, 2.24) is 0 Å². The van der Waals surface area contributed by atoms with E-state index >= 15 is 0 Å². The third-order valence-electron chi connectivity index (χ3n) is 3.67. The predicted octanol–water partition coefficient (Wildman–Crippen LogP) is 6.03. The Balaban J connectivity index is 1.95. The van der Waals surface area contributed by atoms with Gasteiger partial charge in [0.05, 0.1) is 5.56 Å². The van der Waals surface area contributed by atoms with Crippen molar-refractivity contribution in [3.63, 3.8) is 0 Å². The van der Waals surface area contributed by atoms with Gasteiger partial charge in [0.1, 0.15) is 0 Å². The van der Waals surface area contributed by atoms with Gasteiger partial charge in [0.15, 0.2) is 5.78 Å². The minimum absolute atomic E-state index is 0.0772. The van der Waals surface area contributed by atoms with Crippen LogP contribution in [-0.2, 0) is 0 Å². The number of aryl methyl sites for hydroxylation is 2. The summed E-state index contributed by atoms with van der Waals surface area (Å²) in [5.41, 5.74) is 3.79. The van der Waals surface area contributed by atoms with Crippen LogP contribution in [-0.4, -0.2) is 5.78 Å². The number of hydrogen-bond donors (Lipinski definition) is 0. The lowest BCUT2D eigenvalue weighted by molar-refractivity contribution is 0.103. The zero-order valence-corrected chi connectivity index (χ0v) is 14.8. The van der Waals surface area contributed by atoms with Gasteiger partial charge in [0, 0.05) is 19.8 Å². The fourth-order valence-electron chi connectivity index (χ4n) is 2.50. The highest BCUT2D eigenvalue weighted by Gasteiger charge is 2.19. The summed E-state index contributed by atoms with van der Waals surface area (Å²) in [6, 6.07) is 18.0. The summed E-state index contributed by atoms with van der Waals surface area (Å²) in [6.45, 7) is 4.02. The van der Waals surface area contributed by atoms with Crippen LogP contribution >= 0.6 is 27.3 Å². The predicted molar refractivity (Wildman–Crippen MR) is 96.8 cm³/mol. The van der Waals surface area contributed by atoms with Crippen molar-refractivity contribution < 1.29 is 4.79 Å². The van der Waals surface area contributed by atoms with Gasteiger partial charge in [-0.15, -0.1) is 11.3 Å². The molecule has 0 spiro atoms. The molecule has 0 unspecified atom stereocenters. The van der Waals surface area contributed by atoms with Crippen molar-refractivity contribution in [2.75, 3.05) is 0 Å². The number of halogens is 1. The normalized spacial score (nSPS) is 10.7. The number of benzene rings is 2. The molecule has 2 aromatic carbocycles. The minimum Gasteiger partial charge on any atom is -0.289 e. The standard InChI is InChI=1S/C19H15BrOS/c1-12-17(18(20)13(2)22-12)19(21)16-10-8-15(9-11-16)14-6-4-3-5-7-14/h3-11H,1-2H3. The van der Waals surface area contributed by atoms with E-state index in [9.17, 15) is 4.79 Å². The molecule has 22 heavy (non-hydrogen) atoms. The second-order valence-electron chi connectivity index (χ2n) is 5.18. The van der Waals surface area contributed by atoms with Crippen LogP contribution < -0.4 is 0 Å². The van der Waals surface area contributed by atoms with E-state index in [4.69, 9.17) is 0 Å². The molecule has 1 heterocycles. The Bertz CT molecular complexity index is 817. The van der Waals surface area contributed by atoms with Gasteiger partial charge >= 0.3 is 0 Å². The highest BCUT2D eigenvalue weighted by atomic mass is 79.9. The van der Waals surface area contributed by atoms with Gasteiger partial charge in [-0.05, 0) is 40.9 Å². The molecule has 0 aliphatic rings. The van der Waals surface area contributed by atoms with Gasteiger partial charge < -0.3 is 0 Å². The molecule has 3 rings (SSSR count). The van der Waals surface area contributed by atoms with Crippen LogP contribution in [0.25, 0.3) is 11.1 Å². The summed E-state index contributed by atoms with van der Waals surface area (Å²) in [5, 5.41) is 0. The van der Waals surface area contributed by atoms with Crippen LogP contribution in [0.1, 0.15) is 25.7 Å². The Morgan fingerprint density at radius 2 is 1.45 bits per heavy atom. The van der Waals surface area contributed by atoms with Crippen molar-refractivity contribution in [2.45, 2.75) is 13.8 Å². The lowest BCUT2D eigenvalue weighted by Crippen LogP contribution is -2.02. The average molecular weight is 371 g/mol. The first kappa shape index (κ1) is 15.2. The lowest BCUT2D eigenvalue weighted by atomic mass is 9.99. The summed E-state index contributed by atoms with van der Waals surface area (Å²) in [4.78, 5) is 14.9. The van der Waals surface area contributed by atoms with Crippen molar-refractivity contribution in [3.05, 3.63) is 80.0 Å². The van der Waals surface area contributed by atoms with Crippen LogP contribution in [0.2, 0.25) is 0 Å². The molecule has 0 radical (unpaired) electrons. The van der Waals surface area contributed by atoms with Gasteiger partial charge in [0.25, 0.3) is 0 Å². The molecule has 0 bridgehead atoms. The first-order chi connectivity index (χ1) is 10.6. The molecule has 0 amide bonds. The Labute approximate surface area is 142 Å². The number of carbonyl (C=O) groups is 1. The van der Waals surface area contributed by atoms with Gasteiger partial charge in [-0.3, -0.25) is 4.79 Å². The van der Waals surface area contributed by atoms with Gasteiger partial charge in [-0.2, -0.15) is 0 Å². The smallest absolute Gasteiger partial charge is 0.195 e. The number of hydrogen-bond acceptors (Lipinski definition) is 2. The van der Waals surface area contributed by atoms with Crippen LogP contribution in [0.4, 0.5) is 0 Å². The van der Waals surface area contributed by atoms with E-state index in [2.05, 4.69) is 28.1 Å². The van der Waals surface area contributed by atoms with E-state index in [1.807, 2.05) is 56.3 Å². The van der Waals surface area contributed by atoms with E-state index in [0.717, 1.165) is 36.5 Å². The maximum Gasteiger partial charge on any atom is 0.195 e. The summed E-state index contributed by atoms with van der Waals surface area (Å²) in [6.07, 6.45) is 0. The molecule has 1 aromatic heterocycles. The molecule has 3 aromatic rings. The molecule has 0 atom stereocenters. The van der Waals surface area contributed by atoms with Gasteiger partial charge in [-0.1, -0.05) is 54.6 Å². The number of carbonyl (C=O) groups excluding carboxylic acids is 1. The van der Waals surface area contributed by atoms with Crippen molar-refractivity contribution >= 4 is 33.0 Å². The summed E-state index contributed by atoms with van der Waals surface area (Å²) in [7, 11) is 0. The molecule has 0 aliphatic carbocycles. The number of thiophene rings is 1. The molecule has 0 saturated heterocycles. The Morgan fingerprint density at radius 1 is 0.864 bits per heavy atom. The van der Waals surface area contributed by atoms with E-state index in [0.29, 0.717) is 0 Å². The van der Waals surface area contributed by atoms with Crippen LogP contribution in [0.3, 0.4) is 0 Å². The van der Waals surface area contributed by atoms with E-state index in [1.165, 1.54) is 0 Å². The van der Waals surface area contributed by atoms with E-state index in [-0.39, 0.29) is 5.78 Å². The fraction of sp³-hybridized carbons (Fsp3) is 0.105. The molecular formula is C19H15BrOS. The van der Waals surface area contributed by atoms with E-state index in [1.54, 1.807) is 11.3 Å². The summed E-state index contributed by atoms with van der Waals surface area (Å²) in [5.74, 6) is 0.0772. The quantitative estimate of drug-likeness (QED) is 0.514. The minimum atomic E-state index is 0.0772. The molecule has 110 valence electrons. The van der Waals surface area contributed by atoms with Crippen molar-refractivity contribution in [2.24, 2.45) is 0 Å². The van der Waals surface area contributed by atoms with Crippen molar-refractivity contribution in [1.29, 1.82) is 0 Å². The molecule has 1 nitrogen and oxygen atoms in total. The first-order valence-electron chi connectivity index (χ1n) is 7.03. The van der Waals surface area contributed by atoms with Crippen LogP contribution in [0.15, 0.2) is 59.1 Å². The molecule has 0 aliphatic heterocycles. The Morgan fingerprint density at radius 3 is 2.00 bits per heavy atom. The molecule has 0 fully saturated rings. The summed E-state index contributed by atoms with van der Waals surface area (Å²) < 4.78 is 0.923. The SMILES string of the molecule is Cc1sc(C)c(C(=O)c2ccc(-c3ccccc3)cc2)c1Br. The Hall–Kier alpha value is -1.71. The lowest BCUT2D eigenvalue weighted by Gasteiger charge is -2.05. The average Bonchev–Trinajstić information content (AvgIpc) is 2.80. The first-order valence-corrected chi connectivity index (χ1v) is 8.64. The van der Waals surface area contributed by atoms with Crippen LogP contribution in [0.5, 0.6) is 0 Å². The maximum absolute atomic E-state index is 12.7. The third-order valence-corrected chi connectivity index (χ3v) is 5.94. The topological polar surface area (TPSA) is 17.1 Å². The highest BCUT2D eigenvalue weighted by Crippen LogP contribution is 2.34. The molecule has 3 heteroatoms. The van der Waals surface area contributed by atoms with Crippen molar-refractivity contribution in [3.8, 4) is 11.1 Å². The number of ketones is 1. The van der Waals surface area contributed by atoms with Gasteiger partial charge in [0.2, 0.25) is 0 Å². The van der Waals surface area contributed by atoms with Gasteiger partial charge in [-0.25, -0.2) is 0 Å². The second kappa shape index (κ2) is 6.19. The number of rotatable bonds is 3. The molecule has 0 N–H and O–H groups in total. The Kier molecular flexibility index (Phi) is 4.27. The largest absolute Gasteiger partial charge is 0.289 e. The second-order valence-corrected chi connectivity index (χ2v) is 7.40. The fourth-order valence-corrected chi connectivity index (χ4v) is 4.30. The summed E-state index contributed by atoms with van der Waals surface area (Å²) >= 11 is 5.19. The zero-order valence-electron chi connectivity index (χ0n) is 12.4. The van der Waals surface area contributed by atoms with E-state index < -0.39 is 0 Å². The highest BCUT2D eigenvalue weighted by molar-refractivity contribution is 9.10.